The van der Waals surface area contributed by atoms with Gasteiger partial charge < -0.3 is 42.6 Å². The smallest absolute Gasteiger partial charge is 0.423 e. The van der Waals surface area contributed by atoms with Gasteiger partial charge in [0.25, 0.3) is 0 Å². The number of nitrogens with two attached hydrogens (primary N) is 3. The van der Waals surface area contributed by atoms with Crippen molar-refractivity contribution in [3.8, 4) is 0 Å². The zero-order valence-corrected chi connectivity index (χ0v) is 24.6. The van der Waals surface area contributed by atoms with E-state index in [0.717, 1.165) is 17.7 Å². The molecule has 0 unspecified atom stereocenters. The van der Waals surface area contributed by atoms with Crippen LogP contribution in [-0.4, -0.2) is 72.2 Å². The van der Waals surface area contributed by atoms with Gasteiger partial charge in [-0.25, -0.2) is 0 Å². The normalized spacial score (nSPS) is 15.8. The number of aliphatic hydroxyl groups is 1. The van der Waals surface area contributed by atoms with Crippen molar-refractivity contribution >= 4 is 30.2 Å². The summed E-state index contributed by atoms with van der Waals surface area (Å²) in [7, 11) is -1.17. The van der Waals surface area contributed by atoms with Crippen molar-refractivity contribution in [3.05, 3.63) is 64.7 Å². The molecule has 2 amide bonds. The Kier molecular flexibility index (Phi) is 11.3. The molecule has 0 spiro atoms. The third-order valence-electron chi connectivity index (χ3n) is 7.64. The number of carbonyl (C=O) groups excluding carboxylic acids is 3. The van der Waals surface area contributed by atoms with Crippen molar-refractivity contribution in [1.82, 2.24) is 10.6 Å². The van der Waals surface area contributed by atoms with Crippen molar-refractivity contribution in [1.29, 1.82) is 0 Å². The number of Topliss-reactive ketones (excluding diaryl/α,β-unsaturated/α-hetero) is 1. The fraction of sp³-hybridized carbons (Fsp3) is 0.483. The zero-order valence-electron chi connectivity index (χ0n) is 24.6. The average molecular weight is 621 g/mol. The monoisotopic (exact) mass is 621 g/mol. The van der Waals surface area contributed by atoms with E-state index in [1.165, 1.54) is 12.1 Å². The maximum Gasteiger partial charge on any atom is 0.492 e. The van der Waals surface area contributed by atoms with Crippen LogP contribution in [0.4, 0.5) is 13.2 Å². The van der Waals surface area contributed by atoms with Crippen molar-refractivity contribution in [2.24, 2.45) is 17.2 Å². The van der Waals surface area contributed by atoms with E-state index in [1.807, 2.05) is 0 Å². The number of nitrogens with one attached hydrogen (secondary N) is 2. The highest BCUT2D eigenvalue weighted by Crippen LogP contribution is 2.31. The fourth-order valence-corrected chi connectivity index (χ4v) is 4.79. The van der Waals surface area contributed by atoms with Crippen LogP contribution >= 0.6 is 0 Å². The van der Waals surface area contributed by atoms with Gasteiger partial charge in [-0.1, -0.05) is 30.3 Å². The molecule has 0 bridgehead atoms. The maximum atomic E-state index is 13.5. The lowest BCUT2D eigenvalue weighted by atomic mass is 9.77. The van der Waals surface area contributed by atoms with E-state index in [-0.39, 0.29) is 45.3 Å². The van der Waals surface area contributed by atoms with Crippen molar-refractivity contribution < 1.29 is 42.3 Å². The van der Waals surface area contributed by atoms with Crippen LogP contribution in [0.25, 0.3) is 0 Å². The Morgan fingerprint density at radius 1 is 1.05 bits per heavy atom. The quantitative estimate of drug-likeness (QED) is 0.134. The van der Waals surface area contributed by atoms with Gasteiger partial charge in [0.1, 0.15) is 5.60 Å². The highest BCUT2D eigenvalue weighted by molar-refractivity contribution is 6.62. The fourth-order valence-electron chi connectivity index (χ4n) is 4.79. The molecule has 44 heavy (non-hydrogen) atoms. The third kappa shape index (κ3) is 9.09. The van der Waals surface area contributed by atoms with Gasteiger partial charge in [0.05, 0.1) is 23.2 Å². The SMILES string of the molecule is CC1(C)OB(O)c2cc(CC(=O)[C@@H](Cc3ccc(C(F)(F)F)cc3)NC(=O)[C@@H](N)CCC(=O)NCC(O)(CN)CN)ccc21. The van der Waals surface area contributed by atoms with Crippen LogP contribution in [0, 0.1) is 0 Å². The highest BCUT2D eigenvalue weighted by atomic mass is 19.4. The van der Waals surface area contributed by atoms with E-state index in [4.69, 9.17) is 21.9 Å². The minimum absolute atomic E-state index is 0.0962. The number of hydrogen-bond donors (Lipinski definition) is 7. The first-order valence-corrected chi connectivity index (χ1v) is 14.1. The Morgan fingerprint density at radius 3 is 2.25 bits per heavy atom. The first-order chi connectivity index (χ1) is 20.5. The summed E-state index contributed by atoms with van der Waals surface area (Å²) >= 11 is 0. The van der Waals surface area contributed by atoms with E-state index >= 15 is 0 Å². The molecule has 0 saturated heterocycles. The van der Waals surface area contributed by atoms with Crippen LogP contribution in [0.5, 0.6) is 0 Å². The van der Waals surface area contributed by atoms with E-state index in [2.05, 4.69) is 10.6 Å². The Balaban J connectivity index is 1.71. The number of fused-ring (bicyclic) bond motifs is 1. The second kappa shape index (κ2) is 14.2. The summed E-state index contributed by atoms with van der Waals surface area (Å²) < 4.78 is 44.7. The number of carbonyl (C=O) groups is 3. The molecule has 0 fully saturated rings. The Bertz CT molecular complexity index is 1340. The molecule has 2 aromatic rings. The van der Waals surface area contributed by atoms with Crippen molar-refractivity contribution in [3.63, 3.8) is 0 Å². The lowest BCUT2D eigenvalue weighted by Crippen LogP contribution is -2.53. The lowest BCUT2D eigenvalue weighted by molar-refractivity contribution is -0.137. The molecule has 0 aliphatic carbocycles. The molecule has 1 aliphatic rings. The van der Waals surface area contributed by atoms with Gasteiger partial charge in [-0.2, -0.15) is 13.2 Å². The number of amides is 2. The standard InChI is InChI=1S/C29H39BF3N5O6/c1-27(2)20-8-5-18(11-21(20)30(43)44-27)13-24(39)23(12-17-3-6-19(7-4-17)29(31,32)33)38-26(41)22(36)9-10-25(40)37-16-28(42,14-34)15-35/h3-8,11,22-23,42-43H,9-10,12-16,34-36H2,1-2H3,(H,37,40)(H,38,41)/t22-,23+/m0/s1. The third-order valence-corrected chi connectivity index (χ3v) is 7.64. The second-order valence-electron chi connectivity index (χ2n) is 11.6. The molecular formula is C29H39BF3N5O6. The summed E-state index contributed by atoms with van der Waals surface area (Å²) in [6, 6.07) is 6.99. The molecule has 11 nitrogen and oxygen atoms in total. The summed E-state index contributed by atoms with van der Waals surface area (Å²) in [5.74, 6) is -1.68. The molecule has 15 heteroatoms. The van der Waals surface area contributed by atoms with Crippen LogP contribution in [0.15, 0.2) is 42.5 Å². The number of rotatable bonds is 14. The number of ketones is 1. The van der Waals surface area contributed by atoms with Crippen LogP contribution in [-0.2, 0) is 43.7 Å². The topological polar surface area (TPSA) is 203 Å². The van der Waals surface area contributed by atoms with Gasteiger partial charge in [0.15, 0.2) is 5.78 Å². The van der Waals surface area contributed by atoms with Gasteiger partial charge in [-0.15, -0.1) is 0 Å². The first kappa shape index (κ1) is 35.1. The van der Waals surface area contributed by atoms with Crippen LogP contribution in [0.2, 0.25) is 0 Å². The Hall–Kier alpha value is -3.34. The molecule has 3 rings (SSSR count). The minimum Gasteiger partial charge on any atom is -0.423 e. The summed E-state index contributed by atoms with van der Waals surface area (Å²) in [6.45, 7) is 3.08. The molecule has 1 aliphatic heterocycles. The first-order valence-electron chi connectivity index (χ1n) is 14.1. The predicted molar refractivity (Wildman–Crippen MR) is 157 cm³/mol. The van der Waals surface area contributed by atoms with E-state index in [1.54, 1.807) is 32.0 Å². The number of benzene rings is 2. The highest BCUT2D eigenvalue weighted by Gasteiger charge is 2.40. The molecule has 10 N–H and O–H groups in total. The Labute approximate surface area is 253 Å². The van der Waals surface area contributed by atoms with Gasteiger partial charge >= 0.3 is 13.3 Å². The maximum absolute atomic E-state index is 13.5. The van der Waals surface area contributed by atoms with E-state index in [0.29, 0.717) is 16.6 Å². The summed E-state index contributed by atoms with van der Waals surface area (Å²) in [4.78, 5) is 38.7. The minimum atomic E-state index is -4.54. The largest absolute Gasteiger partial charge is 0.492 e. The molecule has 2 atom stereocenters. The number of alkyl halides is 3. The second-order valence-corrected chi connectivity index (χ2v) is 11.6. The van der Waals surface area contributed by atoms with Gasteiger partial charge in [0.2, 0.25) is 11.8 Å². The molecule has 0 aromatic heterocycles. The zero-order chi connectivity index (χ0) is 32.9. The molecular weight excluding hydrogens is 582 g/mol. The predicted octanol–water partition coefficient (Wildman–Crippen LogP) is -0.630. The van der Waals surface area contributed by atoms with Crippen LogP contribution in [0.3, 0.4) is 0 Å². The average Bonchev–Trinajstić information content (AvgIpc) is 3.20. The van der Waals surface area contributed by atoms with Gasteiger partial charge in [-0.05, 0) is 61.0 Å². The molecule has 0 radical (unpaired) electrons. The summed E-state index contributed by atoms with van der Waals surface area (Å²) in [5, 5.41) is 25.5. The van der Waals surface area contributed by atoms with E-state index in [9.17, 15) is 37.7 Å². The van der Waals surface area contributed by atoms with Crippen LogP contribution in [0.1, 0.15) is 48.9 Å². The summed E-state index contributed by atoms with van der Waals surface area (Å²) in [6.07, 6.45) is -5.08. The number of halogens is 3. The Morgan fingerprint density at radius 2 is 1.66 bits per heavy atom. The van der Waals surface area contributed by atoms with Gasteiger partial charge in [-0.3, -0.25) is 14.4 Å². The lowest BCUT2D eigenvalue weighted by Gasteiger charge is -2.25. The molecule has 240 valence electrons. The van der Waals surface area contributed by atoms with Crippen molar-refractivity contribution in [2.75, 3.05) is 19.6 Å². The molecule has 0 saturated carbocycles. The van der Waals surface area contributed by atoms with E-state index < -0.39 is 59.7 Å². The van der Waals surface area contributed by atoms with Crippen molar-refractivity contribution in [2.45, 2.75) is 69.0 Å². The molecule has 1 heterocycles. The molecule has 2 aromatic carbocycles. The van der Waals surface area contributed by atoms with Crippen LogP contribution < -0.4 is 33.3 Å². The van der Waals surface area contributed by atoms with Gasteiger partial charge in [0, 0.05) is 32.5 Å². The summed E-state index contributed by atoms with van der Waals surface area (Å²) in [5.41, 5.74) is 16.1. The number of hydrogen-bond acceptors (Lipinski definition) is 9.